The number of rotatable bonds is 5. The highest BCUT2D eigenvalue weighted by Crippen LogP contribution is 2.23. The van der Waals surface area contributed by atoms with Crippen LogP contribution in [-0.2, 0) is 16.8 Å². The number of benzene rings is 1. The molecule has 1 aromatic rings. The van der Waals surface area contributed by atoms with Crippen molar-refractivity contribution in [3.05, 3.63) is 35.4 Å². The van der Waals surface area contributed by atoms with Gasteiger partial charge in [-0.05, 0) is 35.4 Å². The minimum atomic E-state index is -0.420. The van der Waals surface area contributed by atoms with Crippen molar-refractivity contribution in [3.63, 3.8) is 0 Å². The Balaban J connectivity index is 1.81. The van der Waals surface area contributed by atoms with Crippen molar-refractivity contribution in [1.82, 2.24) is 10.2 Å². The average molecular weight is 304 g/mol. The first kappa shape index (κ1) is 17.0. The molecule has 1 amide bonds. The maximum Gasteiger partial charge on any atom is 0.245 e. The van der Waals surface area contributed by atoms with Crippen LogP contribution in [0.5, 0.6) is 0 Å². The highest BCUT2D eigenvalue weighted by atomic mass is 16.3. The molecule has 1 aromatic carbocycles. The van der Waals surface area contributed by atoms with Crippen molar-refractivity contribution in [2.75, 3.05) is 26.2 Å². The number of aliphatic hydroxyl groups is 1. The molecule has 1 unspecified atom stereocenters. The summed E-state index contributed by atoms with van der Waals surface area (Å²) in [5.41, 5.74) is 2.90. The SMILES string of the molecule is CC(C)(C)c1ccc(CN2CCC(CNC(=O)CO)C2)cc1. The summed E-state index contributed by atoms with van der Waals surface area (Å²) in [5, 5.41) is 11.5. The zero-order valence-corrected chi connectivity index (χ0v) is 13.9. The number of likely N-dealkylation sites (tertiary alicyclic amines) is 1. The normalized spacial score (nSPS) is 19.4. The van der Waals surface area contributed by atoms with Crippen LogP contribution in [0.1, 0.15) is 38.3 Å². The van der Waals surface area contributed by atoms with E-state index in [0.29, 0.717) is 12.5 Å². The first-order chi connectivity index (χ1) is 10.4. The van der Waals surface area contributed by atoms with Crippen molar-refractivity contribution in [2.45, 2.75) is 39.2 Å². The van der Waals surface area contributed by atoms with Gasteiger partial charge < -0.3 is 10.4 Å². The molecule has 1 fully saturated rings. The van der Waals surface area contributed by atoms with Gasteiger partial charge >= 0.3 is 0 Å². The molecule has 0 saturated carbocycles. The lowest BCUT2D eigenvalue weighted by atomic mass is 9.87. The first-order valence-electron chi connectivity index (χ1n) is 8.08. The van der Waals surface area contributed by atoms with E-state index in [1.165, 1.54) is 11.1 Å². The Morgan fingerprint density at radius 2 is 2.00 bits per heavy atom. The maximum atomic E-state index is 11.1. The highest BCUT2D eigenvalue weighted by molar-refractivity contribution is 5.76. The van der Waals surface area contributed by atoms with Gasteiger partial charge in [0.15, 0.2) is 0 Å². The number of hydrogen-bond acceptors (Lipinski definition) is 3. The van der Waals surface area contributed by atoms with Gasteiger partial charge in [0.1, 0.15) is 6.61 Å². The van der Waals surface area contributed by atoms with E-state index in [1.807, 2.05) is 0 Å². The molecule has 0 bridgehead atoms. The van der Waals surface area contributed by atoms with Crippen LogP contribution in [0.3, 0.4) is 0 Å². The summed E-state index contributed by atoms with van der Waals surface area (Å²) in [4.78, 5) is 13.5. The van der Waals surface area contributed by atoms with Crippen LogP contribution in [0, 0.1) is 5.92 Å². The molecule has 1 heterocycles. The van der Waals surface area contributed by atoms with Crippen molar-refractivity contribution in [3.8, 4) is 0 Å². The number of aliphatic hydroxyl groups excluding tert-OH is 1. The van der Waals surface area contributed by atoms with Crippen molar-refractivity contribution in [2.24, 2.45) is 5.92 Å². The number of carbonyl (C=O) groups excluding carboxylic acids is 1. The van der Waals surface area contributed by atoms with Crippen LogP contribution >= 0.6 is 0 Å². The molecule has 0 radical (unpaired) electrons. The molecule has 122 valence electrons. The Morgan fingerprint density at radius 3 is 2.59 bits per heavy atom. The molecule has 2 rings (SSSR count). The van der Waals surface area contributed by atoms with Gasteiger partial charge in [0, 0.05) is 19.6 Å². The Morgan fingerprint density at radius 1 is 1.32 bits per heavy atom. The summed E-state index contributed by atoms with van der Waals surface area (Å²) >= 11 is 0. The number of amides is 1. The fourth-order valence-electron chi connectivity index (χ4n) is 2.91. The van der Waals surface area contributed by atoms with Crippen LogP contribution in [-0.4, -0.2) is 42.2 Å². The van der Waals surface area contributed by atoms with Crippen molar-refractivity contribution < 1.29 is 9.90 Å². The standard InChI is InChI=1S/C18H28N2O2/c1-18(2,3)16-6-4-14(5-7-16)11-20-9-8-15(12-20)10-19-17(22)13-21/h4-7,15,21H,8-13H2,1-3H3,(H,19,22). The lowest BCUT2D eigenvalue weighted by Gasteiger charge is -2.20. The molecular formula is C18H28N2O2. The smallest absolute Gasteiger partial charge is 0.245 e. The van der Waals surface area contributed by atoms with Gasteiger partial charge in [-0.3, -0.25) is 9.69 Å². The van der Waals surface area contributed by atoms with Crippen LogP contribution in [0.4, 0.5) is 0 Å². The molecule has 0 aromatic heterocycles. The third kappa shape index (κ3) is 4.82. The predicted octanol–water partition coefficient (Wildman–Crippen LogP) is 1.91. The van der Waals surface area contributed by atoms with E-state index in [9.17, 15) is 4.79 Å². The molecule has 4 heteroatoms. The Kier molecular flexibility index (Phi) is 5.59. The lowest BCUT2D eigenvalue weighted by molar-refractivity contribution is -0.123. The molecule has 1 aliphatic rings. The van der Waals surface area contributed by atoms with Gasteiger partial charge in [0.2, 0.25) is 5.91 Å². The van der Waals surface area contributed by atoms with Crippen LogP contribution < -0.4 is 5.32 Å². The second-order valence-electron chi connectivity index (χ2n) is 7.30. The number of nitrogens with zero attached hydrogens (tertiary/aromatic N) is 1. The average Bonchev–Trinajstić information content (AvgIpc) is 2.92. The third-order valence-corrected chi connectivity index (χ3v) is 4.33. The van der Waals surface area contributed by atoms with E-state index < -0.39 is 6.61 Å². The monoisotopic (exact) mass is 304 g/mol. The second kappa shape index (κ2) is 7.25. The predicted molar refractivity (Wildman–Crippen MR) is 88.6 cm³/mol. The van der Waals surface area contributed by atoms with Crippen LogP contribution in [0.25, 0.3) is 0 Å². The summed E-state index contributed by atoms with van der Waals surface area (Å²) in [5.74, 6) is 0.209. The van der Waals surface area contributed by atoms with Gasteiger partial charge in [-0.25, -0.2) is 0 Å². The minimum Gasteiger partial charge on any atom is -0.387 e. The van der Waals surface area contributed by atoms with Gasteiger partial charge in [0.05, 0.1) is 0 Å². The van der Waals surface area contributed by atoms with E-state index in [4.69, 9.17) is 5.11 Å². The molecule has 2 N–H and O–H groups in total. The molecule has 1 aliphatic heterocycles. The third-order valence-electron chi connectivity index (χ3n) is 4.33. The summed E-state index contributed by atoms with van der Waals surface area (Å²) < 4.78 is 0. The van der Waals surface area contributed by atoms with Crippen LogP contribution in [0.2, 0.25) is 0 Å². The minimum absolute atomic E-state index is 0.197. The van der Waals surface area contributed by atoms with E-state index in [1.54, 1.807) is 0 Å². The molecule has 0 spiro atoms. The van der Waals surface area contributed by atoms with E-state index in [2.05, 4.69) is 55.3 Å². The van der Waals surface area contributed by atoms with E-state index in [-0.39, 0.29) is 11.3 Å². The summed E-state index contributed by atoms with van der Waals surface area (Å²) in [6.45, 7) is 9.98. The Hall–Kier alpha value is -1.39. The van der Waals surface area contributed by atoms with Gasteiger partial charge in [0.25, 0.3) is 0 Å². The van der Waals surface area contributed by atoms with Gasteiger partial charge in [-0.2, -0.15) is 0 Å². The van der Waals surface area contributed by atoms with Crippen molar-refractivity contribution >= 4 is 5.91 Å². The van der Waals surface area contributed by atoms with E-state index in [0.717, 1.165) is 26.1 Å². The fourth-order valence-corrected chi connectivity index (χ4v) is 2.91. The largest absolute Gasteiger partial charge is 0.387 e. The van der Waals surface area contributed by atoms with Crippen LogP contribution in [0.15, 0.2) is 24.3 Å². The zero-order valence-electron chi connectivity index (χ0n) is 13.9. The second-order valence-corrected chi connectivity index (χ2v) is 7.30. The highest BCUT2D eigenvalue weighted by Gasteiger charge is 2.23. The lowest BCUT2D eigenvalue weighted by Crippen LogP contribution is -2.32. The number of hydrogen-bond donors (Lipinski definition) is 2. The molecule has 1 saturated heterocycles. The molecule has 1 atom stereocenters. The quantitative estimate of drug-likeness (QED) is 0.874. The number of nitrogens with one attached hydrogen (secondary N) is 1. The molecular weight excluding hydrogens is 276 g/mol. The first-order valence-corrected chi connectivity index (χ1v) is 8.08. The molecule has 4 nitrogen and oxygen atoms in total. The summed E-state index contributed by atoms with van der Waals surface area (Å²) in [7, 11) is 0. The zero-order chi connectivity index (χ0) is 16.2. The van der Waals surface area contributed by atoms with Gasteiger partial charge in [-0.1, -0.05) is 45.0 Å². The Bertz CT molecular complexity index is 491. The molecule has 0 aliphatic carbocycles. The number of carbonyl (C=O) groups is 1. The fraction of sp³-hybridized carbons (Fsp3) is 0.611. The van der Waals surface area contributed by atoms with Gasteiger partial charge in [-0.15, -0.1) is 0 Å². The Labute approximate surface area is 133 Å². The maximum absolute atomic E-state index is 11.1. The van der Waals surface area contributed by atoms with Crippen molar-refractivity contribution in [1.29, 1.82) is 0 Å². The molecule has 22 heavy (non-hydrogen) atoms. The summed E-state index contributed by atoms with van der Waals surface area (Å²) in [6.07, 6.45) is 1.10. The van der Waals surface area contributed by atoms with E-state index >= 15 is 0 Å². The summed E-state index contributed by atoms with van der Waals surface area (Å²) in [6, 6.07) is 8.90. The topological polar surface area (TPSA) is 52.6 Å².